The van der Waals surface area contributed by atoms with Gasteiger partial charge in [-0.1, -0.05) is 6.42 Å². The van der Waals surface area contributed by atoms with Crippen molar-refractivity contribution in [3.8, 4) is 0 Å². The van der Waals surface area contributed by atoms with Gasteiger partial charge < -0.3 is 14.8 Å². The van der Waals surface area contributed by atoms with Crippen LogP contribution in [0.5, 0.6) is 0 Å². The molecular weight excluding hydrogens is 270 g/mol. The summed E-state index contributed by atoms with van der Waals surface area (Å²) in [5.41, 5.74) is 0.736. The third-order valence-electron chi connectivity index (χ3n) is 4.27. The van der Waals surface area contributed by atoms with E-state index in [-0.39, 0.29) is 11.9 Å². The van der Waals surface area contributed by atoms with Gasteiger partial charge in [-0.25, -0.2) is 9.97 Å². The second kappa shape index (κ2) is 5.23. The fraction of sp³-hybridized carbons (Fsp3) is 0.643. The molecule has 7 heteroatoms. The van der Waals surface area contributed by atoms with E-state index in [2.05, 4.69) is 25.5 Å². The lowest BCUT2D eigenvalue weighted by atomic mass is 9.94. The summed E-state index contributed by atoms with van der Waals surface area (Å²) in [6.45, 7) is 1.33. The molecular formula is C14H19N5O2. The normalized spacial score (nSPS) is 24.7. The van der Waals surface area contributed by atoms with E-state index in [0.717, 1.165) is 29.7 Å². The Morgan fingerprint density at radius 2 is 2.19 bits per heavy atom. The van der Waals surface area contributed by atoms with Gasteiger partial charge in [0.15, 0.2) is 11.4 Å². The molecule has 21 heavy (non-hydrogen) atoms. The second-order valence-corrected chi connectivity index (χ2v) is 5.76. The minimum Gasteiger partial charge on any atom is -0.367 e. The zero-order chi connectivity index (χ0) is 14.1. The van der Waals surface area contributed by atoms with Crippen LogP contribution < -0.4 is 5.32 Å². The molecule has 1 aliphatic heterocycles. The molecule has 2 aliphatic rings. The van der Waals surface area contributed by atoms with E-state index in [1.807, 2.05) is 0 Å². The first-order chi connectivity index (χ1) is 10.3. The van der Waals surface area contributed by atoms with Gasteiger partial charge in [0.05, 0.1) is 18.2 Å². The van der Waals surface area contributed by atoms with Crippen molar-refractivity contribution in [2.75, 3.05) is 18.5 Å². The highest BCUT2D eigenvalue weighted by atomic mass is 16.7. The standard InChI is InChI=1S/C14H19N5O2/c1-2-4-14(5-3-1)20-8-10(21-14)6-15-12-11-7-18-19-13(11)17-9-16-12/h7,9-10H,1-6,8H2,(H2,15,16,17,18,19)/t10-/m0/s1. The molecule has 2 aromatic rings. The molecule has 2 aromatic heterocycles. The number of hydrogen-bond donors (Lipinski definition) is 2. The summed E-state index contributed by atoms with van der Waals surface area (Å²) >= 11 is 0. The molecule has 0 unspecified atom stereocenters. The average molecular weight is 289 g/mol. The molecule has 1 atom stereocenters. The van der Waals surface area contributed by atoms with Crippen LogP contribution in [0.4, 0.5) is 5.82 Å². The number of H-pyrrole nitrogens is 1. The van der Waals surface area contributed by atoms with Crippen molar-refractivity contribution in [3.05, 3.63) is 12.5 Å². The minimum atomic E-state index is -0.318. The Labute approximate surface area is 122 Å². The molecule has 1 saturated carbocycles. The lowest BCUT2D eigenvalue weighted by Crippen LogP contribution is -2.34. The van der Waals surface area contributed by atoms with Gasteiger partial charge in [0.2, 0.25) is 0 Å². The summed E-state index contributed by atoms with van der Waals surface area (Å²) in [5, 5.41) is 11.0. The van der Waals surface area contributed by atoms with E-state index in [1.54, 1.807) is 6.20 Å². The highest BCUT2D eigenvalue weighted by molar-refractivity contribution is 5.85. The van der Waals surface area contributed by atoms with Crippen molar-refractivity contribution >= 4 is 16.9 Å². The van der Waals surface area contributed by atoms with Crippen LogP contribution in [-0.2, 0) is 9.47 Å². The first-order valence-corrected chi connectivity index (χ1v) is 7.54. The fourth-order valence-electron chi connectivity index (χ4n) is 3.19. The van der Waals surface area contributed by atoms with E-state index in [4.69, 9.17) is 9.47 Å². The number of hydrogen-bond acceptors (Lipinski definition) is 6. The van der Waals surface area contributed by atoms with Gasteiger partial charge in [-0.05, 0) is 12.8 Å². The van der Waals surface area contributed by atoms with Gasteiger partial charge in [-0.3, -0.25) is 5.10 Å². The number of rotatable bonds is 3. The SMILES string of the molecule is c1nc(NC[C@H]2COC3(CCCCC3)O2)c2cn[nH]c2n1. The Balaban J connectivity index is 1.40. The fourth-order valence-corrected chi connectivity index (χ4v) is 3.19. The predicted octanol–water partition coefficient (Wildman–Crippen LogP) is 1.84. The molecule has 3 heterocycles. The summed E-state index contributed by atoms with van der Waals surface area (Å²) in [6, 6.07) is 0. The van der Waals surface area contributed by atoms with Gasteiger partial charge >= 0.3 is 0 Å². The quantitative estimate of drug-likeness (QED) is 0.897. The Morgan fingerprint density at radius 1 is 1.29 bits per heavy atom. The molecule has 0 bridgehead atoms. The number of anilines is 1. The van der Waals surface area contributed by atoms with Crippen molar-refractivity contribution in [1.29, 1.82) is 0 Å². The lowest BCUT2D eigenvalue weighted by Gasteiger charge is -2.31. The van der Waals surface area contributed by atoms with Gasteiger partial charge in [0, 0.05) is 19.4 Å². The second-order valence-electron chi connectivity index (χ2n) is 5.76. The average Bonchev–Trinajstić information content (AvgIpc) is 3.13. The molecule has 1 spiro atoms. The molecule has 4 rings (SSSR count). The zero-order valence-electron chi connectivity index (χ0n) is 11.8. The van der Waals surface area contributed by atoms with E-state index in [0.29, 0.717) is 13.2 Å². The van der Waals surface area contributed by atoms with Crippen LogP contribution in [0.25, 0.3) is 11.0 Å². The highest BCUT2D eigenvalue weighted by Gasteiger charge is 2.42. The molecule has 0 radical (unpaired) electrons. The van der Waals surface area contributed by atoms with E-state index in [9.17, 15) is 0 Å². The minimum absolute atomic E-state index is 0.0695. The van der Waals surface area contributed by atoms with Gasteiger partial charge in [0.25, 0.3) is 0 Å². The molecule has 7 nitrogen and oxygen atoms in total. The van der Waals surface area contributed by atoms with Crippen LogP contribution in [0.15, 0.2) is 12.5 Å². The summed E-state index contributed by atoms with van der Waals surface area (Å²) in [5.74, 6) is 0.461. The maximum absolute atomic E-state index is 6.15. The molecule has 2 N–H and O–H groups in total. The smallest absolute Gasteiger partial charge is 0.168 e. The number of nitrogens with zero attached hydrogens (tertiary/aromatic N) is 3. The summed E-state index contributed by atoms with van der Waals surface area (Å²) in [6.07, 6.45) is 9.04. The Hall–Kier alpha value is -1.73. The molecule has 1 saturated heterocycles. The third kappa shape index (κ3) is 2.47. The van der Waals surface area contributed by atoms with Crippen molar-refractivity contribution in [3.63, 3.8) is 0 Å². The van der Waals surface area contributed by atoms with Crippen LogP contribution in [0.3, 0.4) is 0 Å². The molecule has 2 fully saturated rings. The van der Waals surface area contributed by atoms with E-state index in [1.165, 1.54) is 25.6 Å². The number of nitrogens with one attached hydrogen (secondary N) is 2. The van der Waals surface area contributed by atoms with Crippen LogP contribution >= 0.6 is 0 Å². The van der Waals surface area contributed by atoms with E-state index < -0.39 is 0 Å². The molecule has 1 aliphatic carbocycles. The van der Waals surface area contributed by atoms with Crippen LogP contribution in [-0.4, -0.2) is 45.2 Å². The number of ether oxygens (including phenoxy) is 2. The third-order valence-corrected chi connectivity index (χ3v) is 4.27. The summed E-state index contributed by atoms with van der Waals surface area (Å²) in [4.78, 5) is 8.39. The van der Waals surface area contributed by atoms with Gasteiger partial charge in [-0.15, -0.1) is 0 Å². The molecule has 0 aromatic carbocycles. The maximum Gasteiger partial charge on any atom is 0.168 e. The van der Waals surface area contributed by atoms with Crippen molar-refractivity contribution < 1.29 is 9.47 Å². The van der Waals surface area contributed by atoms with Crippen molar-refractivity contribution in [2.24, 2.45) is 0 Å². The Morgan fingerprint density at radius 3 is 3.10 bits per heavy atom. The van der Waals surface area contributed by atoms with Gasteiger partial charge in [0.1, 0.15) is 18.2 Å². The predicted molar refractivity (Wildman–Crippen MR) is 76.8 cm³/mol. The largest absolute Gasteiger partial charge is 0.367 e. The van der Waals surface area contributed by atoms with Crippen LogP contribution in [0.1, 0.15) is 32.1 Å². The van der Waals surface area contributed by atoms with Gasteiger partial charge in [-0.2, -0.15) is 5.10 Å². The first-order valence-electron chi connectivity index (χ1n) is 7.54. The van der Waals surface area contributed by atoms with Crippen molar-refractivity contribution in [2.45, 2.75) is 44.0 Å². The van der Waals surface area contributed by atoms with Crippen molar-refractivity contribution in [1.82, 2.24) is 20.2 Å². The van der Waals surface area contributed by atoms with Crippen LogP contribution in [0.2, 0.25) is 0 Å². The number of aromatic nitrogens is 4. The Bertz CT molecular complexity index is 623. The van der Waals surface area contributed by atoms with E-state index >= 15 is 0 Å². The molecule has 112 valence electrons. The number of fused-ring (bicyclic) bond motifs is 1. The van der Waals surface area contributed by atoms with Crippen LogP contribution in [0, 0.1) is 0 Å². The summed E-state index contributed by atoms with van der Waals surface area (Å²) in [7, 11) is 0. The maximum atomic E-state index is 6.15. The first kappa shape index (κ1) is 13.0. The Kier molecular flexibility index (Phi) is 3.23. The topological polar surface area (TPSA) is 85.0 Å². The zero-order valence-corrected chi connectivity index (χ0v) is 11.8. The monoisotopic (exact) mass is 289 g/mol. The summed E-state index contributed by atoms with van der Waals surface area (Å²) < 4.78 is 12.1. The number of aromatic amines is 1. The lowest BCUT2D eigenvalue weighted by molar-refractivity contribution is -0.185. The highest BCUT2D eigenvalue weighted by Crippen LogP contribution is 2.37. The molecule has 0 amide bonds.